The van der Waals surface area contributed by atoms with Gasteiger partial charge in [-0.2, -0.15) is 0 Å². The van der Waals surface area contributed by atoms with E-state index in [0.29, 0.717) is 0 Å². The molecule has 1 heteroatoms. The molecule has 2 aliphatic rings. The number of hydrogen-bond acceptors (Lipinski definition) is 1. The molecule has 15 heavy (non-hydrogen) atoms. The molecule has 0 aromatic rings. The molecule has 88 valence electrons. The molecule has 0 bridgehead atoms. The zero-order chi connectivity index (χ0) is 10.8. The van der Waals surface area contributed by atoms with Crippen LogP contribution in [0, 0.1) is 23.7 Å². The van der Waals surface area contributed by atoms with Crippen LogP contribution in [-0.4, -0.2) is 12.6 Å². The van der Waals surface area contributed by atoms with Gasteiger partial charge in [-0.15, -0.1) is 0 Å². The third-order valence-corrected chi connectivity index (χ3v) is 4.32. The molecule has 1 nitrogen and oxygen atoms in total. The molecule has 2 fully saturated rings. The van der Waals surface area contributed by atoms with Crippen LogP contribution in [0.5, 0.6) is 0 Å². The second-order valence-corrected chi connectivity index (χ2v) is 6.01. The number of nitrogens with one attached hydrogen (secondary N) is 1. The highest BCUT2D eigenvalue weighted by Gasteiger charge is 2.41. The van der Waals surface area contributed by atoms with E-state index in [-0.39, 0.29) is 0 Å². The van der Waals surface area contributed by atoms with Crippen LogP contribution in [0.2, 0.25) is 0 Å². The molecule has 2 rings (SSSR count). The van der Waals surface area contributed by atoms with Gasteiger partial charge in [0, 0.05) is 6.04 Å². The van der Waals surface area contributed by atoms with Crippen LogP contribution in [-0.2, 0) is 0 Å². The van der Waals surface area contributed by atoms with Gasteiger partial charge < -0.3 is 5.32 Å². The van der Waals surface area contributed by atoms with E-state index in [1.807, 2.05) is 0 Å². The molecular weight excluding hydrogens is 182 g/mol. The summed E-state index contributed by atoms with van der Waals surface area (Å²) in [5.41, 5.74) is 0. The van der Waals surface area contributed by atoms with Crippen LogP contribution in [0.1, 0.15) is 52.9 Å². The molecule has 0 spiro atoms. The van der Waals surface area contributed by atoms with Crippen molar-refractivity contribution in [1.82, 2.24) is 5.32 Å². The monoisotopic (exact) mass is 209 g/mol. The van der Waals surface area contributed by atoms with E-state index < -0.39 is 0 Å². The molecule has 1 N–H and O–H groups in total. The van der Waals surface area contributed by atoms with Crippen LogP contribution in [0.3, 0.4) is 0 Å². The minimum atomic E-state index is 0.741. The van der Waals surface area contributed by atoms with Crippen molar-refractivity contribution in [2.24, 2.45) is 23.7 Å². The van der Waals surface area contributed by atoms with E-state index in [1.54, 1.807) is 0 Å². The highest BCUT2D eigenvalue weighted by atomic mass is 14.9. The van der Waals surface area contributed by atoms with E-state index in [9.17, 15) is 0 Å². The third-order valence-electron chi connectivity index (χ3n) is 4.32. The maximum Gasteiger partial charge on any atom is 0.00875 e. The Labute approximate surface area is 95.0 Å². The van der Waals surface area contributed by atoms with Gasteiger partial charge in [0.2, 0.25) is 0 Å². The summed E-state index contributed by atoms with van der Waals surface area (Å²) in [5, 5.41) is 3.81. The summed E-state index contributed by atoms with van der Waals surface area (Å²) in [6, 6.07) is 0.741. The van der Waals surface area contributed by atoms with Crippen molar-refractivity contribution in [1.29, 1.82) is 0 Å². The topological polar surface area (TPSA) is 12.0 Å². The van der Waals surface area contributed by atoms with Gasteiger partial charge in [-0.3, -0.25) is 0 Å². The van der Waals surface area contributed by atoms with Crippen LogP contribution < -0.4 is 5.32 Å². The molecule has 2 saturated carbocycles. The Morgan fingerprint density at radius 2 is 1.60 bits per heavy atom. The van der Waals surface area contributed by atoms with Crippen molar-refractivity contribution in [3.8, 4) is 0 Å². The molecule has 1 unspecified atom stereocenters. The van der Waals surface area contributed by atoms with Crippen molar-refractivity contribution >= 4 is 0 Å². The van der Waals surface area contributed by atoms with Crippen LogP contribution in [0.4, 0.5) is 0 Å². The van der Waals surface area contributed by atoms with Crippen molar-refractivity contribution in [2.45, 2.75) is 58.9 Å². The maximum atomic E-state index is 3.81. The Kier molecular flexibility index (Phi) is 3.71. The first kappa shape index (κ1) is 11.4. The predicted octanol–water partition coefficient (Wildman–Crippen LogP) is 3.45. The van der Waals surface area contributed by atoms with Gasteiger partial charge in [0.25, 0.3) is 0 Å². The Bertz CT molecular complexity index is 180. The van der Waals surface area contributed by atoms with Crippen LogP contribution in [0.25, 0.3) is 0 Å². The van der Waals surface area contributed by atoms with Gasteiger partial charge in [-0.05, 0) is 62.3 Å². The van der Waals surface area contributed by atoms with Gasteiger partial charge in [0.05, 0.1) is 0 Å². The average Bonchev–Trinajstić information content (AvgIpc) is 3.00. The van der Waals surface area contributed by atoms with E-state index in [1.165, 1.54) is 38.6 Å². The molecule has 0 aromatic heterocycles. The second kappa shape index (κ2) is 4.86. The van der Waals surface area contributed by atoms with Crippen molar-refractivity contribution in [3.63, 3.8) is 0 Å². The van der Waals surface area contributed by atoms with Crippen molar-refractivity contribution in [3.05, 3.63) is 0 Å². The summed E-state index contributed by atoms with van der Waals surface area (Å²) in [6.07, 6.45) is 7.34. The highest BCUT2D eigenvalue weighted by molar-refractivity contribution is 4.93. The van der Waals surface area contributed by atoms with E-state index in [4.69, 9.17) is 0 Å². The summed E-state index contributed by atoms with van der Waals surface area (Å²) in [4.78, 5) is 0. The van der Waals surface area contributed by atoms with Gasteiger partial charge in [0.15, 0.2) is 0 Å². The van der Waals surface area contributed by atoms with Gasteiger partial charge in [-0.25, -0.2) is 0 Å². The largest absolute Gasteiger partial charge is 0.313 e. The Morgan fingerprint density at radius 3 is 1.93 bits per heavy atom. The summed E-state index contributed by atoms with van der Waals surface area (Å²) >= 11 is 0. The van der Waals surface area contributed by atoms with Crippen LogP contribution in [0.15, 0.2) is 0 Å². The number of rotatable bonds is 7. The minimum Gasteiger partial charge on any atom is -0.313 e. The fourth-order valence-corrected chi connectivity index (χ4v) is 2.91. The lowest BCUT2D eigenvalue weighted by Crippen LogP contribution is -2.37. The summed E-state index contributed by atoms with van der Waals surface area (Å²) < 4.78 is 0. The van der Waals surface area contributed by atoms with Crippen molar-refractivity contribution in [2.75, 3.05) is 6.54 Å². The van der Waals surface area contributed by atoms with Crippen molar-refractivity contribution < 1.29 is 0 Å². The van der Waals surface area contributed by atoms with Gasteiger partial charge in [-0.1, -0.05) is 20.8 Å². The molecular formula is C14H27N. The van der Waals surface area contributed by atoms with Gasteiger partial charge in [0.1, 0.15) is 0 Å². The minimum absolute atomic E-state index is 0.741. The molecule has 2 aliphatic carbocycles. The smallest absolute Gasteiger partial charge is 0.00875 e. The fourth-order valence-electron chi connectivity index (χ4n) is 2.91. The van der Waals surface area contributed by atoms with E-state index in [2.05, 4.69) is 26.1 Å². The van der Waals surface area contributed by atoms with E-state index in [0.717, 1.165) is 29.7 Å². The lowest BCUT2D eigenvalue weighted by Gasteiger charge is -2.24. The lowest BCUT2D eigenvalue weighted by atomic mass is 9.95. The summed E-state index contributed by atoms with van der Waals surface area (Å²) in [6.45, 7) is 8.28. The Hall–Kier alpha value is -0.0400. The van der Waals surface area contributed by atoms with E-state index >= 15 is 0 Å². The molecule has 0 saturated heterocycles. The third kappa shape index (κ3) is 3.21. The molecule has 1 atom stereocenters. The first-order valence-electron chi connectivity index (χ1n) is 6.95. The summed E-state index contributed by atoms with van der Waals surface area (Å²) in [7, 11) is 0. The SMILES string of the molecule is CCC(NCC(C1CC1)C1CC1)C(C)C. The highest BCUT2D eigenvalue weighted by Crippen LogP contribution is 2.48. The predicted molar refractivity (Wildman–Crippen MR) is 65.9 cm³/mol. The zero-order valence-electron chi connectivity index (χ0n) is 10.6. The fraction of sp³-hybridized carbons (Fsp3) is 1.00. The molecule has 0 heterocycles. The van der Waals surface area contributed by atoms with Crippen LogP contribution >= 0.6 is 0 Å². The number of hydrogen-bond donors (Lipinski definition) is 1. The summed E-state index contributed by atoms with van der Waals surface area (Å²) in [5.74, 6) is 4.00. The molecule has 0 aromatic carbocycles. The maximum absolute atomic E-state index is 3.81. The first-order chi connectivity index (χ1) is 7.22. The second-order valence-electron chi connectivity index (χ2n) is 6.01. The molecule has 0 radical (unpaired) electrons. The Morgan fingerprint density at radius 1 is 1.07 bits per heavy atom. The standard InChI is InChI=1S/C14H27N/c1-4-14(10(2)3)15-9-13(11-5-6-11)12-7-8-12/h10-15H,4-9H2,1-3H3. The zero-order valence-corrected chi connectivity index (χ0v) is 10.6. The molecule has 0 aliphatic heterocycles. The Balaban J connectivity index is 1.74. The first-order valence-corrected chi connectivity index (χ1v) is 6.95. The quantitative estimate of drug-likeness (QED) is 0.677. The average molecular weight is 209 g/mol. The lowest BCUT2D eigenvalue weighted by molar-refractivity contribution is 0.316. The molecule has 0 amide bonds. The normalized spacial score (nSPS) is 23.8. The van der Waals surface area contributed by atoms with Gasteiger partial charge >= 0.3 is 0 Å².